The Bertz CT molecular complexity index is 883. The lowest BCUT2D eigenvalue weighted by Gasteiger charge is -2.30. The van der Waals surface area contributed by atoms with Crippen molar-refractivity contribution in [2.45, 2.75) is 25.5 Å². The van der Waals surface area contributed by atoms with E-state index in [1.807, 2.05) is 62.4 Å². The van der Waals surface area contributed by atoms with E-state index in [-0.39, 0.29) is 18.2 Å². The second-order valence-electron chi connectivity index (χ2n) is 6.18. The van der Waals surface area contributed by atoms with Gasteiger partial charge in [0.1, 0.15) is 5.25 Å². The van der Waals surface area contributed by atoms with Gasteiger partial charge in [0, 0.05) is 23.1 Å². The van der Waals surface area contributed by atoms with Crippen LogP contribution in [0, 0.1) is 6.92 Å². The number of hydrogen-bond acceptors (Lipinski definition) is 4. The Hall–Kier alpha value is -2.12. The summed E-state index contributed by atoms with van der Waals surface area (Å²) < 4.78 is 0.960. The zero-order valence-electron chi connectivity index (χ0n) is 15.1. The van der Waals surface area contributed by atoms with Crippen molar-refractivity contribution in [2.75, 3.05) is 11.9 Å². The highest BCUT2D eigenvalue weighted by molar-refractivity contribution is 9.10. The van der Waals surface area contributed by atoms with Gasteiger partial charge in [0.05, 0.1) is 5.69 Å². The van der Waals surface area contributed by atoms with Crippen LogP contribution in [-0.4, -0.2) is 33.7 Å². The van der Waals surface area contributed by atoms with Crippen molar-refractivity contribution in [1.29, 1.82) is 0 Å². The maximum absolute atomic E-state index is 12.7. The van der Waals surface area contributed by atoms with Gasteiger partial charge in [-0.25, -0.2) is 4.99 Å². The van der Waals surface area contributed by atoms with Gasteiger partial charge in [-0.1, -0.05) is 39.8 Å². The summed E-state index contributed by atoms with van der Waals surface area (Å²) in [5.41, 5.74) is 2.54. The standard InChI is InChI=1S/C20H20BrN3O2S/c1-3-24-18(25)12-17(19(26)22-16-6-4-5-13(2)11-16)27-20(24)23-15-9-7-14(21)8-10-15/h4-11,17H,3,12H2,1-2H3,(H,22,26). The Morgan fingerprint density at radius 2 is 2.04 bits per heavy atom. The van der Waals surface area contributed by atoms with Crippen molar-refractivity contribution in [1.82, 2.24) is 4.90 Å². The molecule has 0 radical (unpaired) electrons. The highest BCUT2D eigenvalue weighted by Crippen LogP contribution is 2.30. The second-order valence-corrected chi connectivity index (χ2v) is 8.26. The van der Waals surface area contributed by atoms with Crippen molar-refractivity contribution in [3.05, 3.63) is 58.6 Å². The molecule has 1 fully saturated rings. The highest BCUT2D eigenvalue weighted by Gasteiger charge is 2.35. The molecule has 2 amide bonds. The summed E-state index contributed by atoms with van der Waals surface area (Å²) in [5, 5.41) is 2.96. The number of aryl methyl sites for hydroxylation is 1. The van der Waals surface area contributed by atoms with Gasteiger partial charge in [-0.3, -0.25) is 14.5 Å². The lowest BCUT2D eigenvalue weighted by atomic mass is 10.2. The molecule has 1 heterocycles. The van der Waals surface area contributed by atoms with E-state index in [0.29, 0.717) is 11.7 Å². The van der Waals surface area contributed by atoms with Gasteiger partial charge in [-0.15, -0.1) is 0 Å². The van der Waals surface area contributed by atoms with Gasteiger partial charge in [-0.2, -0.15) is 0 Å². The largest absolute Gasteiger partial charge is 0.325 e. The fraction of sp³-hybridized carbons (Fsp3) is 0.250. The number of carbonyl (C=O) groups is 2. The number of halogens is 1. The maximum Gasteiger partial charge on any atom is 0.238 e. The van der Waals surface area contributed by atoms with E-state index in [1.165, 1.54) is 11.8 Å². The van der Waals surface area contributed by atoms with Gasteiger partial charge in [-0.05, 0) is 55.8 Å². The third kappa shape index (κ3) is 4.99. The number of nitrogens with zero attached hydrogens (tertiary/aromatic N) is 2. The lowest BCUT2D eigenvalue weighted by Crippen LogP contribution is -2.45. The molecule has 1 atom stereocenters. The molecule has 1 N–H and O–H groups in total. The molecular weight excluding hydrogens is 426 g/mol. The van der Waals surface area contributed by atoms with Crippen LogP contribution in [0.1, 0.15) is 18.9 Å². The van der Waals surface area contributed by atoms with Gasteiger partial charge in [0.2, 0.25) is 11.8 Å². The summed E-state index contributed by atoms with van der Waals surface area (Å²) in [7, 11) is 0. The van der Waals surface area contributed by atoms with E-state index in [2.05, 4.69) is 26.2 Å². The minimum Gasteiger partial charge on any atom is -0.325 e. The first kappa shape index (κ1) is 19.6. The molecule has 5 nitrogen and oxygen atoms in total. The van der Waals surface area contributed by atoms with Crippen LogP contribution in [-0.2, 0) is 9.59 Å². The van der Waals surface area contributed by atoms with Crippen LogP contribution in [0.5, 0.6) is 0 Å². The van der Waals surface area contributed by atoms with Crippen LogP contribution in [0.15, 0.2) is 58.0 Å². The van der Waals surface area contributed by atoms with E-state index >= 15 is 0 Å². The van der Waals surface area contributed by atoms with E-state index < -0.39 is 5.25 Å². The molecule has 140 valence electrons. The molecule has 7 heteroatoms. The fourth-order valence-electron chi connectivity index (χ4n) is 2.72. The van der Waals surface area contributed by atoms with E-state index in [9.17, 15) is 9.59 Å². The predicted octanol–water partition coefficient (Wildman–Crippen LogP) is 4.74. The van der Waals surface area contributed by atoms with Crippen LogP contribution in [0.2, 0.25) is 0 Å². The molecule has 1 saturated heterocycles. The number of anilines is 1. The maximum atomic E-state index is 12.7. The molecule has 0 spiro atoms. The molecule has 0 aliphatic carbocycles. The smallest absolute Gasteiger partial charge is 0.238 e. The summed E-state index contributed by atoms with van der Waals surface area (Å²) in [6.45, 7) is 4.40. The Labute approximate surface area is 171 Å². The Morgan fingerprint density at radius 1 is 1.30 bits per heavy atom. The van der Waals surface area contributed by atoms with E-state index in [1.54, 1.807) is 4.90 Å². The van der Waals surface area contributed by atoms with E-state index in [0.717, 1.165) is 21.4 Å². The summed E-state index contributed by atoms with van der Waals surface area (Å²) in [6, 6.07) is 15.1. The first-order chi connectivity index (χ1) is 13.0. The molecule has 2 aromatic rings. The fourth-order valence-corrected chi connectivity index (χ4v) is 4.15. The van der Waals surface area contributed by atoms with Gasteiger partial charge in [0.25, 0.3) is 0 Å². The van der Waals surface area contributed by atoms with Crippen LogP contribution in [0.4, 0.5) is 11.4 Å². The number of benzene rings is 2. The number of amidine groups is 1. The summed E-state index contributed by atoms with van der Waals surface area (Å²) in [4.78, 5) is 31.5. The highest BCUT2D eigenvalue weighted by atomic mass is 79.9. The second kappa shape index (κ2) is 8.71. The first-order valence-electron chi connectivity index (χ1n) is 8.65. The van der Waals surface area contributed by atoms with E-state index in [4.69, 9.17) is 0 Å². The quantitative estimate of drug-likeness (QED) is 0.738. The normalized spacial score (nSPS) is 18.6. The van der Waals surface area contributed by atoms with Crippen LogP contribution < -0.4 is 5.32 Å². The molecule has 0 aromatic heterocycles. The molecule has 1 unspecified atom stereocenters. The lowest BCUT2D eigenvalue weighted by molar-refractivity contribution is -0.129. The Balaban J connectivity index is 1.80. The third-order valence-electron chi connectivity index (χ3n) is 4.09. The SMILES string of the molecule is CCN1C(=O)CC(C(=O)Nc2cccc(C)c2)SC1=Nc1ccc(Br)cc1. The number of thioether (sulfide) groups is 1. The summed E-state index contributed by atoms with van der Waals surface area (Å²) in [6.07, 6.45) is 0.162. The Morgan fingerprint density at radius 3 is 2.70 bits per heavy atom. The molecule has 27 heavy (non-hydrogen) atoms. The van der Waals surface area contributed by atoms with Crippen molar-refractivity contribution in [3.63, 3.8) is 0 Å². The molecule has 1 aliphatic heterocycles. The van der Waals surface area contributed by atoms with Crippen LogP contribution in [0.3, 0.4) is 0 Å². The van der Waals surface area contributed by atoms with Gasteiger partial charge in [0.15, 0.2) is 5.17 Å². The number of hydrogen-bond donors (Lipinski definition) is 1. The molecule has 0 bridgehead atoms. The zero-order chi connectivity index (χ0) is 19.4. The summed E-state index contributed by atoms with van der Waals surface area (Å²) in [5.74, 6) is -0.269. The van der Waals surface area contributed by atoms with Crippen molar-refractivity contribution in [2.24, 2.45) is 4.99 Å². The number of amides is 2. The number of carbonyl (C=O) groups excluding carboxylic acids is 2. The monoisotopic (exact) mass is 445 g/mol. The van der Waals surface area contributed by atoms with Crippen molar-refractivity contribution >= 4 is 56.0 Å². The van der Waals surface area contributed by atoms with Crippen LogP contribution >= 0.6 is 27.7 Å². The topological polar surface area (TPSA) is 61.8 Å². The van der Waals surface area contributed by atoms with Gasteiger partial charge >= 0.3 is 0 Å². The molecule has 2 aromatic carbocycles. The molecule has 3 rings (SSSR count). The zero-order valence-corrected chi connectivity index (χ0v) is 17.5. The molecule has 1 aliphatic rings. The number of aliphatic imine (C=N–C) groups is 1. The minimum absolute atomic E-state index is 0.0866. The predicted molar refractivity (Wildman–Crippen MR) is 114 cm³/mol. The average molecular weight is 446 g/mol. The van der Waals surface area contributed by atoms with Gasteiger partial charge < -0.3 is 5.32 Å². The molecular formula is C20H20BrN3O2S. The third-order valence-corrected chi connectivity index (χ3v) is 5.80. The number of rotatable bonds is 4. The average Bonchev–Trinajstić information content (AvgIpc) is 2.63. The Kier molecular flexibility index (Phi) is 6.34. The van der Waals surface area contributed by atoms with Crippen molar-refractivity contribution in [3.8, 4) is 0 Å². The van der Waals surface area contributed by atoms with Crippen LogP contribution in [0.25, 0.3) is 0 Å². The van der Waals surface area contributed by atoms with Crippen molar-refractivity contribution < 1.29 is 9.59 Å². The minimum atomic E-state index is -0.505. The first-order valence-corrected chi connectivity index (χ1v) is 10.3. The summed E-state index contributed by atoms with van der Waals surface area (Å²) >= 11 is 4.73. The number of nitrogens with one attached hydrogen (secondary N) is 1. The molecule has 0 saturated carbocycles.